The number of nitrogens with zero attached hydrogens (tertiary/aromatic N) is 2. The van der Waals surface area contributed by atoms with Crippen LogP contribution in [0.1, 0.15) is 22.5 Å². The van der Waals surface area contributed by atoms with Crippen LogP contribution in [-0.2, 0) is 6.42 Å². The highest BCUT2D eigenvalue weighted by molar-refractivity contribution is 7.99. The Balaban J connectivity index is 2.39. The monoisotopic (exact) mass is 291 g/mol. The second kappa shape index (κ2) is 6.33. The topological polar surface area (TPSA) is 51.8 Å². The minimum atomic E-state index is -0.250. The van der Waals surface area contributed by atoms with Crippen LogP contribution < -0.4 is 5.73 Å². The molecule has 20 heavy (non-hydrogen) atoms. The zero-order chi connectivity index (χ0) is 14.7. The number of hydrogen-bond acceptors (Lipinski definition) is 4. The Kier molecular flexibility index (Phi) is 4.73. The maximum atomic E-state index is 14.0. The highest BCUT2D eigenvalue weighted by atomic mass is 32.2. The first-order chi connectivity index (χ1) is 9.52. The average Bonchev–Trinajstić information content (AvgIpc) is 2.40. The lowest BCUT2D eigenvalue weighted by Crippen LogP contribution is -2.05. The summed E-state index contributed by atoms with van der Waals surface area (Å²) < 4.78 is 14.0. The molecule has 0 aliphatic rings. The van der Waals surface area contributed by atoms with E-state index in [1.165, 1.54) is 17.8 Å². The fourth-order valence-corrected chi connectivity index (χ4v) is 2.91. The second-order valence-corrected chi connectivity index (χ2v) is 5.65. The van der Waals surface area contributed by atoms with Crippen molar-refractivity contribution < 1.29 is 4.39 Å². The Morgan fingerprint density at radius 1 is 1.15 bits per heavy atom. The summed E-state index contributed by atoms with van der Waals surface area (Å²) in [5, 5.41) is 0.578. The molecule has 0 radical (unpaired) electrons. The lowest BCUT2D eigenvalue weighted by Gasteiger charge is -2.10. The smallest absolute Gasteiger partial charge is 0.193 e. The van der Waals surface area contributed by atoms with Crippen LogP contribution in [-0.4, -0.2) is 16.5 Å². The Morgan fingerprint density at radius 3 is 2.40 bits per heavy atom. The lowest BCUT2D eigenvalue weighted by atomic mass is 10.1. The zero-order valence-corrected chi connectivity index (χ0v) is 12.7. The van der Waals surface area contributed by atoms with Crippen molar-refractivity contribution in [3.8, 4) is 0 Å². The molecule has 1 aromatic heterocycles. The van der Waals surface area contributed by atoms with Crippen molar-refractivity contribution in [2.75, 3.05) is 6.54 Å². The predicted molar refractivity (Wildman–Crippen MR) is 79.5 cm³/mol. The van der Waals surface area contributed by atoms with Crippen molar-refractivity contribution in [1.29, 1.82) is 0 Å². The number of nitrogens with two attached hydrogens (primary N) is 1. The molecule has 0 saturated carbocycles. The summed E-state index contributed by atoms with van der Waals surface area (Å²) in [6, 6.07) is 5.05. The van der Waals surface area contributed by atoms with Crippen LogP contribution in [0.25, 0.3) is 0 Å². The van der Waals surface area contributed by atoms with Crippen LogP contribution in [0.5, 0.6) is 0 Å². The van der Waals surface area contributed by atoms with E-state index in [-0.39, 0.29) is 5.82 Å². The van der Waals surface area contributed by atoms with Gasteiger partial charge in [0.15, 0.2) is 5.16 Å². The number of benzene rings is 1. The van der Waals surface area contributed by atoms with E-state index in [1.807, 2.05) is 26.8 Å². The van der Waals surface area contributed by atoms with Gasteiger partial charge in [0.25, 0.3) is 0 Å². The zero-order valence-electron chi connectivity index (χ0n) is 11.9. The highest BCUT2D eigenvalue weighted by Crippen LogP contribution is 2.31. The molecule has 2 rings (SSSR count). The highest BCUT2D eigenvalue weighted by Gasteiger charge is 2.13. The third kappa shape index (κ3) is 3.16. The molecule has 0 amide bonds. The fraction of sp³-hybridized carbons (Fsp3) is 0.333. The van der Waals surface area contributed by atoms with Crippen LogP contribution >= 0.6 is 11.8 Å². The molecule has 0 aliphatic carbocycles. The van der Waals surface area contributed by atoms with Crippen molar-refractivity contribution in [2.24, 2.45) is 5.73 Å². The summed E-state index contributed by atoms with van der Waals surface area (Å²) in [4.78, 5) is 9.42. The molecule has 0 bridgehead atoms. The molecular weight excluding hydrogens is 273 g/mol. The molecule has 0 spiro atoms. The van der Waals surface area contributed by atoms with E-state index in [2.05, 4.69) is 9.97 Å². The summed E-state index contributed by atoms with van der Waals surface area (Å²) >= 11 is 1.27. The maximum Gasteiger partial charge on any atom is 0.193 e. The molecule has 106 valence electrons. The number of aromatic nitrogens is 2. The van der Waals surface area contributed by atoms with Gasteiger partial charge < -0.3 is 5.73 Å². The van der Waals surface area contributed by atoms with E-state index < -0.39 is 0 Å². The number of rotatable bonds is 4. The van der Waals surface area contributed by atoms with Gasteiger partial charge in [-0.2, -0.15) is 0 Å². The molecule has 5 heteroatoms. The fourth-order valence-electron chi connectivity index (χ4n) is 1.90. The Labute approximate surface area is 122 Å². The first-order valence-corrected chi connectivity index (χ1v) is 7.31. The molecule has 0 fully saturated rings. The van der Waals surface area contributed by atoms with Crippen LogP contribution in [0.15, 0.2) is 28.3 Å². The lowest BCUT2D eigenvalue weighted by molar-refractivity contribution is 0.596. The summed E-state index contributed by atoms with van der Waals surface area (Å²) in [7, 11) is 0. The van der Waals surface area contributed by atoms with E-state index in [9.17, 15) is 4.39 Å². The van der Waals surface area contributed by atoms with Gasteiger partial charge in [-0.05, 0) is 62.7 Å². The molecule has 1 heterocycles. The quantitative estimate of drug-likeness (QED) is 0.879. The van der Waals surface area contributed by atoms with Gasteiger partial charge in [0, 0.05) is 11.4 Å². The number of halogens is 1. The summed E-state index contributed by atoms with van der Waals surface area (Å²) in [5.41, 5.74) is 9.41. The van der Waals surface area contributed by atoms with Crippen molar-refractivity contribution in [2.45, 2.75) is 37.2 Å². The first kappa shape index (κ1) is 14.9. The second-order valence-electron chi connectivity index (χ2n) is 4.67. The van der Waals surface area contributed by atoms with E-state index in [0.29, 0.717) is 23.0 Å². The van der Waals surface area contributed by atoms with Crippen LogP contribution in [0.4, 0.5) is 4.39 Å². The van der Waals surface area contributed by atoms with Gasteiger partial charge >= 0.3 is 0 Å². The minimum Gasteiger partial charge on any atom is -0.330 e. The van der Waals surface area contributed by atoms with Crippen molar-refractivity contribution >= 4 is 11.8 Å². The Hall–Kier alpha value is -1.46. The first-order valence-electron chi connectivity index (χ1n) is 6.50. The molecular formula is C15H18FN3S. The van der Waals surface area contributed by atoms with E-state index >= 15 is 0 Å². The Bertz CT molecular complexity index is 606. The van der Waals surface area contributed by atoms with E-state index in [1.54, 1.807) is 6.07 Å². The molecule has 2 N–H and O–H groups in total. The van der Waals surface area contributed by atoms with Crippen molar-refractivity contribution in [1.82, 2.24) is 9.97 Å². The summed E-state index contributed by atoms with van der Waals surface area (Å²) in [5.74, 6) is -0.250. The minimum absolute atomic E-state index is 0.250. The molecule has 3 nitrogen and oxygen atoms in total. The van der Waals surface area contributed by atoms with Crippen LogP contribution in [0.3, 0.4) is 0 Å². The van der Waals surface area contributed by atoms with Crippen molar-refractivity contribution in [3.05, 3.63) is 46.5 Å². The summed E-state index contributed by atoms with van der Waals surface area (Å²) in [6.45, 7) is 6.36. The SMILES string of the molecule is Cc1nc(Sc2c(F)cccc2CCN)nc(C)c1C. The van der Waals surface area contributed by atoms with E-state index in [0.717, 1.165) is 22.5 Å². The largest absolute Gasteiger partial charge is 0.330 e. The summed E-state index contributed by atoms with van der Waals surface area (Å²) in [6.07, 6.45) is 0.643. The van der Waals surface area contributed by atoms with Gasteiger partial charge in [0.1, 0.15) is 5.82 Å². The van der Waals surface area contributed by atoms with Crippen LogP contribution in [0.2, 0.25) is 0 Å². The molecule has 1 aromatic carbocycles. The van der Waals surface area contributed by atoms with Gasteiger partial charge in [-0.3, -0.25) is 0 Å². The van der Waals surface area contributed by atoms with Gasteiger partial charge in [0.05, 0.1) is 4.90 Å². The third-order valence-corrected chi connectivity index (χ3v) is 4.29. The number of hydrogen-bond donors (Lipinski definition) is 1. The van der Waals surface area contributed by atoms with E-state index in [4.69, 9.17) is 5.73 Å². The van der Waals surface area contributed by atoms with Gasteiger partial charge in [-0.15, -0.1) is 0 Å². The molecule has 2 aromatic rings. The molecule has 0 saturated heterocycles. The normalized spacial score (nSPS) is 10.8. The Morgan fingerprint density at radius 2 is 1.80 bits per heavy atom. The molecule has 0 aliphatic heterocycles. The average molecular weight is 291 g/mol. The van der Waals surface area contributed by atoms with Crippen molar-refractivity contribution in [3.63, 3.8) is 0 Å². The van der Waals surface area contributed by atoms with Gasteiger partial charge in [0.2, 0.25) is 0 Å². The number of aryl methyl sites for hydroxylation is 2. The van der Waals surface area contributed by atoms with Crippen LogP contribution in [0, 0.1) is 26.6 Å². The van der Waals surface area contributed by atoms with Gasteiger partial charge in [-0.25, -0.2) is 14.4 Å². The molecule has 0 atom stereocenters. The maximum absolute atomic E-state index is 14.0. The third-order valence-electron chi connectivity index (χ3n) is 3.27. The standard InChI is InChI=1S/C15H18FN3S/c1-9-10(2)18-15(19-11(9)3)20-14-12(7-8-17)5-4-6-13(14)16/h4-6H,7-8,17H2,1-3H3. The predicted octanol–water partition coefficient (Wildman–Crippen LogP) is 3.19. The molecule has 0 unspecified atom stereocenters. The van der Waals surface area contributed by atoms with Gasteiger partial charge in [-0.1, -0.05) is 12.1 Å².